The second-order valence-electron chi connectivity index (χ2n) is 6.13. The van der Waals surface area contributed by atoms with Crippen molar-refractivity contribution in [1.29, 1.82) is 0 Å². The van der Waals surface area contributed by atoms with Gasteiger partial charge in [-0.05, 0) is 30.6 Å². The molecule has 23 heavy (non-hydrogen) atoms. The molecule has 5 nitrogen and oxygen atoms in total. The van der Waals surface area contributed by atoms with Gasteiger partial charge in [0.05, 0.1) is 5.92 Å². The number of carbonyl (C=O) groups is 2. The third-order valence-electron chi connectivity index (χ3n) is 4.54. The Balaban J connectivity index is 1.57. The molecule has 2 amide bonds. The molecule has 2 atom stereocenters. The minimum Gasteiger partial charge on any atom is -0.359 e. The lowest BCUT2D eigenvalue weighted by atomic mass is 9.82. The molecule has 6 heteroatoms. The van der Waals surface area contributed by atoms with Gasteiger partial charge in [-0.15, -0.1) is 0 Å². The summed E-state index contributed by atoms with van der Waals surface area (Å²) in [5, 5.41) is 6.46. The topological polar surface area (TPSA) is 61.4 Å². The SMILES string of the molecule is O=C(CN1C(=O)C2CCCCC2NC1=S)NCc1ccccc1. The van der Waals surface area contributed by atoms with E-state index in [2.05, 4.69) is 10.6 Å². The van der Waals surface area contributed by atoms with Crippen LogP contribution in [-0.4, -0.2) is 34.4 Å². The second kappa shape index (κ2) is 7.08. The van der Waals surface area contributed by atoms with Gasteiger partial charge in [-0.3, -0.25) is 14.5 Å². The van der Waals surface area contributed by atoms with Gasteiger partial charge in [0.2, 0.25) is 11.8 Å². The van der Waals surface area contributed by atoms with Crippen LogP contribution in [0.15, 0.2) is 30.3 Å². The molecule has 1 saturated carbocycles. The summed E-state index contributed by atoms with van der Waals surface area (Å²) in [5.41, 5.74) is 1.03. The summed E-state index contributed by atoms with van der Waals surface area (Å²) in [6.07, 6.45) is 4.04. The number of thiocarbonyl (C=S) groups is 1. The number of nitrogens with one attached hydrogen (secondary N) is 2. The van der Waals surface area contributed by atoms with E-state index in [4.69, 9.17) is 12.2 Å². The first-order valence-electron chi connectivity index (χ1n) is 8.07. The van der Waals surface area contributed by atoms with Crippen LogP contribution < -0.4 is 10.6 Å². The first kappa shape index (κ1) is 15.9. The van der Waals surface area contributed by atoms with Crippen molar-refractivity contribution in [3.63, 3.8) is 0 Å². The standard InChI is InChI=1S/C17H21N3O2S/c21-15(18-10-12-6-2-1-3-7-12)11-20-16(22)13-8-4-5-9-14(13)19-17(20)23/h1-3,6-7,13-14H,4-5,8-11H2,(H,18,21)(H,19,23). The minimum atomic E-state index is -0.194. The summed E-state index contributed by atoms with van der Waals surface area (Å²) in [6, 6.07) is 9.83. The molecule has 122 valence electrons. The molecule has 0 bridgehead atoms. The van der Waals surface area contributed by atoms with Crippen LogP contribution in [0.3, 0.4) is 0 Å². The summed E-state index contributed by atoms with van der Waals surface area (Å²) in [7, 11) is 0. The number of carbonyl (C=O) groups excluding carboxylic acids is 2. The molecule has 1 aromatic carbocycles. The molecule has 1 heterocycles. The van der Waals surface area contributed by atoms with Gasteiger partial charge in [0.1, 0.15) is 6.54 Å². The summed E-state index contributed by atoms with van der Waals surface area (Å²) in [4.78, 5) is 26.2. The third-order valence-corrected chi connectivity index (χ3v) is 4.88. The van der Waals surface area contributed by atoms with E-state index in [-0.39, 0.29) is 30.3 Å². The molecule has 2 N–H and O–H groups in total. The van der Waals surface area contributed by atoms with Crippen LogP contribution in [-0.2, 0) is 16.1 Å². The Morgan fingerprint density at radius 3 is 2.78 bits per heavy atom. The van der Waals surface area contributed by atoms with E-state index in [0.29, 0.717) is 11.7 Å². The Labute approximate surface area is 141 Å². The van der Waals surface area contributed by atoms with Crippen LogP contribution in [0.25, 0.3) is 0 Å². The zero-order valence-electron chi connectivity index (χ0n) is 13.0. The Morgan fingerprint density at radius 2 is 2.00 bits per heavy atom. The van der Waals surface area contributed by atoms with E-state index in [1.807, 2.05) is 30.3 Å². The maximum absolute atomic E-state index is 12.6. The Bertz CT molecular complexity index is 605. The van der Waals surface area contributed by atoms with Crippen molar-refractivity contribution in [3.8, 4) is 0 Å². The van der Waals surface area contributed by atoms with Gasteiger partial charge in [-0.1, -0.05) is 43.2 Å². The van der Waals surface area contributed by atoms with E-state index in [9.17, 15) is 9.59 Å². The average molecular weight is 331 g/mol. The predicted octanol–water partition coefficient (Wildman–Crippen LogP) is 1.58. The number of benzene rings is 1. The van der Waals surface area contributed by atoms with Crippen LogP contribution in [0.4, 0.5) is 0 Å². The molecular weight excluding hydrogens is 310 g/mol. The highest BCUT2D eigenvalue weighted by Crippen LogP contribution is 2.29. The van der Waals surface area contributed by atoms with E-state index in [0.717, 1.165) is 31.2 Å². The predicted molar refractivity (Wildman–Crippen MR) is 91.5 cm³/mol. The van der Waals surface area contributed by atoms with Gasteiger partial charge >= 0.3 is 0 Å². The van der Waals surface area contributed by atoms with Crippen LogP contribution >= 0.6 is 12.2 Å². The second-order valence-corrected chi connectivity index (χ2v) is 6.52. The smallest absolute Gasteiger partial charge is 0.240 e. The number of fused-ring (bicyclic) bond motifs is 1. The van der Waals surface area contributed by atoms with Crippen molar-refractivity contribution in [2.24, 2.45) is 5.92 Å². The lowest BCUT2D eigenvalue weighted by molar-refractivity contribution is -0.138. The highest BCUT2D eigenvalue weighted by molar-refractivity contribution is 7.80. The summed E-state index contributed by atoms with van der Waals surface area (Å²) >= 11 is 5.28. The largest absolute Gasteiger partial charge is 0.359 e. The maximum Gasteiger partial charge on any atom is 0.240 e. The molecule has 0 radical (unpaired) electrons. The molecule has 0 aromatic heterocycles. The third kappa shape index (κ3) is 3.69. The minimum absolute atomic E-state index is 0.00619. The lowest BCUT2D eigenvalue weighted by Gasteiger charge is -2.41. The molecule has 2 aliphatic rings. The highest BCUT2D eigenvalue weighted by atomic mass is 32.1. The van der Waals surface area contributed by atoms with Crippen molar-refractivity contribution >= 4 is 29.1 Å². The molecule has 3 rings (SSSR count). The Kier molecular flexibility index (Phi) is 4.91. The number of rotatable bonds is 4. The van der Waals surface area contributed by atoms with Crippen molar-refractivity contribution < 1.29 is 9.59 Å². The number of hydrogen-bond acceptors (Lipinski definition) is 3. The molecule has 1 aliphatic heterocycles. The Hall–Kier alpha value is -1.95. The van der Waals surface area contributed by atoms with Crippen LogP contribution in [0.5, 0.6) is 0 Å². The molecule has 0 spiro atoms. The van der Waals surface area contributed by atoms with Crippen LogP contribution in [0, 0.1) is 5.92 Å². The number of amides is 2. The zero-order chi connectivity index (χ0) is 16.2. The van der Waals surface area contributed by atoms with E-state index < -0.39 is 0 Å². The van der Waals surface area contributed by atoms with Crippen molar-refractivity contribution in [1.82, 2.24) is 15.5 Å². The normalized spacial score (nSPS) is 23.9. The molecule has 1 aliphatic carbocycles. The van der Waals surface area contributed by atoms with E-state index in [1.54, 1.807) is 0 Å². The fraction of sp³-hybridized carbons (Fsp3) is 0.471. The fourth-order valence-corrected chi connectivity index (χ4v) is 3.59. The molecule has 2 unspecified atom stereocenters. The molecular formula is C17H21N3O2S. The summed E-state index contributed by atoms with van der Waals surface area (Å²) in [6.45, 7) is 0.439. The van der Waals surface area contributed by atoms with Gasteiger partial charge in [0.15, 0.2) is 5.11 Å². The fourth-order valence-electron chi connectivity index (χ4n) is 3.28. The summed E-state index contributed by atoms with van der Waals surface area (Å²) in [5.74, 6) is -0.244. The van der Waals surface area contributed by atoms with Crippen LogP contribution in [0.1, 0.15) is 31.2 Å². The molecule has 2 fully saturated rings. The van der Waals surface area contributed by atoms with Crippen molar-refractivity contribution in [2.75, 3.05) is 6.54 Å². The molecule has 1 saturated heterocycles. The average Bonchev–Trinajstić information content (AvgIpc) is 2.58. The summed E-state index contributed by atoms with van der Waals surface area (Å²) < 4.78 is 0. The van der Waals surface area contributed by atoms with Crippen molar-refractivity contribution in [2.45, 2.75) is 38.3 Å². The first-order valence-corrected chi connectivity index (χ1v) is 8.48. The van der Waals surface area contributed by atoms with Gasteiger partial charge in [0.25, 0.3) is 0 Å². The van der Waals surface area contributed by atoms with E-state index >= 15 is 0 Å². The Morgan fingerprint density at radius 1 is 1.26 bits per heavy atom. The van der Waals surface area contributed by atoms with Gasteiger partial charge in [-0.2, -0.15) is 0 Å². The quantitative estimate of drug-likeness (QED) is 0.823. The zero-order valence-corrected chi connectivity index (χ0v) is 13.8. The van der Waals surface area contributed by atoms with Crippen molar-refractivity contribution in [3.05, 3.63) is 35.9 Å². The van der Waals surface area contributed by atoms with Gasteiger partial charge in [0, 0.05) is 12.6 Å². The monoisotopic (exact) mass is 331 g/mol. The first-order chi connectivity index (χ1) is 11.1. The number of hydrogen-bond donors (Lipinski definition) is 2. The maximum atomic E-state index is 12.6. The van der Waals surface area contributed by atoms with Gasteiger partial charge < -0.3 is 10.6 Å². The molecule has 1 aromatic rings. The van der Waals surface area contributed by atoms with Crippen LogP contribution in [0.2, 0.25) is 0 Å². The van der Waals surface area contributed by atoms with Gasteiger partial charge in [-0.25, -0.2) is 0 Å². The van der Waals surface area contributed by atoms with E-state index in [1.165, 1.54) is 4.90 Å². The lowest BCUT2D eigenvalue weighted by Crippen LogP contribution is -2.62. The highest BCUT2D eigenvalue weighted by Gasteiger charge is 2.40. The number of nitrogens with zero attached hydrogens (tertiary/aromatic N) is 1.